The Morgan fingerprint density at radius 3 is 0.737 bits per heavy atom. The normalized spacial score (nSPS) is 12.3. The third-order valence-corrected chi connectivity index (χ3v) is 15.0. The zero-order chi connectivity index (χ0) is 55.0. The van der Waals surface area contributed by atoms with Gasteiger partial charge in [-0.25, -0.2) is 0 Å². The number of unbranched alkanes of at least 4 members (excludes halogenated alkanes) is 43. The SMILES string of the molecule is CCCCCCC/C=C\C/C=C\CCCCCCCCCCCCCCCC(=O)OCC(COC(=O)CCCCCCC/C=C\CCCCCCCC)OC(=O)CCCCCCCCC/C=C\CCCCCCCCC. The second kappa shape index (κ2) is 64.9. The summed E-state index contributed by atoms with van der Waals surface area (Å²) in [7, 11) is 0. The summed E-state index contributed by atoms with van der Waals surface area (Å²) in [5.74, 6) is -0.867. The van der Waals surface area contributed by atoms with Crippen LogP contribution in [0.4, 0.5) is 0 Å². The number of carbonyl (C=O) groups excluding carboxylic acids is 3. The Bertz CT molecular complexity index is 1310. The summed E-state index contributed by atoms with van der Waals surface area (Å²) in [5.41, 5.74) is 0. The lowest BCUT2D eigenvalue weighted by atomic mass is 10.0. The molecule has 0 rings (SSSR count). The molecule has 0 fully saturated rings. The Labute approximate surface area is 473 Å². The minimum atomic E-state index is -0.779. The molecule has 1 atom stereocenters. The van der Waals surface area contributed by atoms with Crippen molar-refractivity contribution in [2.24, 2.45) is 0 Å². The van der Waals surface area contributed by atoms with Crippen molar-refractivity contribution < 1.29 is 28.6 Å². The highest BCUT2D eigenvalue weighted by Crippen LogP contribution is 2.17. The monoisotopic (exact) mass is 1060 g/mol. The molecule has 0 aliphatic heterocycles. The second-order valence-electron chi connectivity index (χ2n) is 22.7. The van der Waals surface area contributed by atoms with Crippen LogP contribution in [0.1, 0.15) is 361 Å². The summed E-state index contributed by atoms with van der Waals surface area (Å²) in [6.45, 7) is 6.67. The van der Waals surface area contributed by atoms with Gasteiger partial charge in [-0.1, -0.05) is 288 Å². The summed E-state index contributed by atoms with van der Waals surface area (Å²) >= 11 is 0. The smallest absolute Gasteiger partial charge is 0.306 e. The van der Waals surface area contributed by atoms with E-state index in [1.165, 1.54) is 250 Å². The molecule has 0 aliphatic carbocycles. The molecule has 1 unspecified atom stereocenters. The largest absolute Gasteiger partial charge is 0.462 e. The Balaban J connectivity index is 4.30. The molecular formula is C70H128O6. The van der Waals surface area contributed by atoms with Gasteiger partial charge in [-0.3, -0.25) is 14.4 Å². The van der Waals surface area contributed by atoms with E-state index in [0.29, 0.717) is 19.3 Å². The number of hydrogen-bond donors (Lipinski definition) is 0. The molecule has 0 aliphatic rings. The predicted octanol–water partition coefficient (Wildman–Crippen LogP) is 22.9. The van der Waals surface area contributed by atoms with E-state index >= 15 is 0 Å². The van der Waals surface area contributed by atoms with Gasteiger partial charge in [0.25, 0.3) is 0 Å². The Kier molecular flexibility index (Phi) is 62.6. The van der Waals surface area contributed by atoms with Gasteiger partial charge in [0, 0.05) is 19.3 Å². The van der Waals surface area contributed by atoms with Crippen molar-refractivity contribution in [1.82, 2.24) is 0 Å². The second-order valence-corrected chi connectivity index (χ2v) is 22.7. The van der Waals surface area contributed by atoms with E-state index in [1.807, 2.05) is 0 Å². The topological polar surface area (TPSA) is 78.9 Å². The number of allylic oxidation sites excluding steroid dienone is 8. The molecule has 6 heteroatoms. The van der Waals surface area contributed by atoms with Crippen molar-refractivity contribution in [2.45, 2.75) is 367 Å². The Hall–Kier alpha value is -2.63. The standard InChI is InChI=1S/C70H128O6/c1-4-7-10-13-16-19-22-25-28-30-32-33-34-35-36-37-38-40-42-45-48-51-54-57-60-63-69(72)75-66-67(65-74-68(71)62-59-56-53-50-47-44-41-27-24-21-18-15-12-9-6-3)76-70(73)64-61-58-55-52-49-46-43-39-31-29-26-23-20-17-14-11-8-5-2/h22,25,27,29-32,41,67H,4-21,23-24,26,28,33-40,42-66H2,1-3H3/b25-22-,31-29-,32-30-,41-27-. The van der Waals surface area contributed by atoms with Crippen LogP contribution in [0.5, 0.6) is 0 Å². The van der Waals surface area contributed by atoms with Crippen LogP contribution in [0.2, 0.25) is 0 Å². The van der Waals surface area contributed by atoms with Gasteiger partial charge in [0.1, 0.15) is 13.2 Å². The molecule has 0 bridgehead atoms. The molecule has 0 amide bonds. The fourth-order valence-electron chi connectivity index (χ4n) is 9.94. The van der Waals surface area contributed by atoms with Crippen molar-refractivity contribution in [3.05, 3.63) is 48.6 Å². The summed E-state index contributed by atoms with van der Waals surface area (Å²) in [4.78, 5) is 38.4. The first kappa shape index (κ1) is 73.4. The van der Waals surface area contributed by atoms with Crippen molar-refractivity contribution in [1.29, 1.82) is 0 Å². The molecule has 0 N–H and O–H groups in total. The lowest BCUT2D eigenvalue weighted by Crippen LogP contribution is -2.30. The van der Waals surface area contributed by atoms with Crippen LogP contribution in [-0.2, 0) is 28.6 Å². The predicted molar refractivity (Wildman–Crippen MR) is 330 cm³/mol. The lowest BCUT2D eigenvalue weighted by molar-refractivity contribution is -0.167. The van der Waals surface area contributed by atoms with Crippen molar-refractivity contribution in [2.75, 3.05) is 13.2 Å². The maximum Gasteiger partial charge on any atom is 0.306 e. The summed E-state index contributed by atoms with van der Waals surface area (Å²) in [6.07, 6.45) is 81.2. The molecule has 0 aromatic carbocycles. The molecule has 0 aromatic heterocycles. The van der Waals surface area contributed by atoms with Crippen molar-refractivity contribution >= 4 is 17.9 Å². The molecule has 444 valence electrons. The van der Waals surface area contributed by atoms with Crippen LogP contribution in [-0.4, -0.2) is 37.2 Å². The van der Waals surface area contributed by atoms with Gasteiger partial charge in [0.2, 0.25) is 0 Å². The third-order valence-electron chi connectivity index (χ3n) is 15.0. The number of rotatable bonds is 62. The van der Waals surface area contributed by atoms with Gasteiger partial charge < -0.3 is 14.2 Å². The van der Waals surface area contributed by atoms with Crippen LogP contribution in [0.3, 0.4) is 0 Å². The van der Waals surface area contributed by atoms with Gasteiger partial charge in [-0.05, 0) is 103 Å². The molecule has 0 heterocycles. The number of carbonyl (C=O) groups is 3. The van der Waals surface area contributed by atoms with Crippen LogP contribution in [0.25, 0.3) is 0 Å². The fourth-order valence-corrected chi connectivity index (χ4v) is 9.94. The van der Waals surface area contributed by atoms with E-state index in [-0.39, 0.29) is 31.1 Å². The number of ether oxygens (including phenoxy) is 3. The first-order valence-corrected chi connectivity index (χ1v) is 33.6. The Morgan fingerprint density at radius 2 is 0.474 bits per heavy atom. The fraction of sp³-hybridized carbons (Fsp3) is 0.843. The lowest BCUT2D eigenvalue weighted by Gasteiger charge is -2.18. The van der Waals surface area contributed by atoms with E-state index in [1.54, 1.807) is 0 Å². The molecule has 0 saturated carbocycles. The average Bonchev–Trinajstić information content (AvgIpc) is 3.42. The zero-order valence-electron chi connectivity index (χ0n) is 51.0. The van der Waals surface area contributed by atoms with Crippen LogP contribution < -0.4 is 0 Å². The molecule has 0 radical (unpaired) electrons. The molecule has 0 saturated heterocycles. The average molecular weight is 1070 g/mol. The third kappa shape index (κ3) is 62.2. The molecule has 76 heavy (non-hydrogen) atoms. The van der Waals surface area contributed by atoms with E-state index in [9.17, 15) is 14.4 Å². The van der Waals surface area contributed by atoms with Crippen LogP contribution in [0, 0.1) is 0 Å². The molecule has 0 aromatic rings. The Morgan fingerprint density at radius 1 is 0.263 bits per heavy atom. The highest BCUT2D eigenvalue weighted by Gasteiger charge is 2.19. The van der Waals surface area contributed by atoms with Gasteiger partial charge in [0.05, 0.1) is 0 Å². The molecule has 6 nitrogen and oxygen atoms in total. The number of esters is 3. The minimum Gasteiger partial charge on any atom is -0.462 e. The van der Waals surface area contributed by atoms with E-state index in [2.05, 4.69) is 69.4 Å². The van der Waals surface area contributed by atoms with Gasteiger partial charge in [0.15, 0.2) is 6.10 Å². The molecule has 0 spiro atoms. The van der Waals surface area contributed by atoms with Gasteiger partial charge in [-0.2, -0.15) is 0 Å². The van der Waals surface area contributed by atoms with Crippen LogP contribution in [0.15, 0.2) is 48.6 Å². The van der Waals surface area contributed by atoms with Crippen LogP contribution >= 0.6 is 0 Å². The van der Waals surface area contributed by atoms with E-state index in [0.717, 1.165) is 70.6 Å². The maximum absolute atomic E-state index is 12.9. The first-order chi connectivity index (χ1) is 37.5. The maximum atomic E-state index is 12.9. The van der Waals surface area contributed by atoms with Crippen molar-refractivity contribution in [3.8, 4) is 0 Å². The highest BCUT2D eigenvalue weighted by atomic mass is 16.6. The summed E-state index contributed by atoms with van der Waals surface area (Å²) in [6, 6.07) is 0. The quantitative estimate of drug-likeness (QED) is 0.0261. The summed E-state index contributed by atoms with van der Waals surface area (Å²) < 4.78 is 17.0. The van der Waals surface area contributed by atoms with Gasteiger partial charge >= 0.3 is 17.9 Å². The first-order valence-electron chi connectivity index (χ1n) is 33.6. The zero-order valence-corrected chi connectivity index (χ0v) is 51.0. The van der Waals surface area contributed by atoms with E-state index < -0.39 is 6.10 Å². The van der Waals surface area contributed by atoms with E-state index in [4.69, 9.17) is 14.2 Å². The summed E-state index contributed by atoms with van der Waals surface area (Å²) in [5, 5.41) is 0. The number of hydrogen-bond acceptors (Lipinski definition) is 6. The minimum absolute atomic E-state index is 0.0750. The van der Waals surface area contributed by atoms with Gasteiger partial charge in [-0.15, -0.1) is 0 Å². The van der Waals surface area contributed by atoms with Crippen molar-refractivity contribution in [3.63, 3.8) is 0 Å². The highest BCUT2D eigenvalue weighted by molar-refractivity contribution is 5.71. The molecular weight excluding hydrogens is 937 g/mol.